The quantitative estimate of drug-likeness (QED) is 0.769. The molecule has 0 saturated carbocycles. The van der Waals surface area contributed by atoms with Gasteiger partial charge in [-0.2, -0.15) is 0 Å². The highest BCUT2D eigenvalue weighted by atomic mass is 19.3. The summed E-state index contributed by atoms with van der Waals surface area (Å²) in [7, 11) is 0. The van der Waals surface area contributed by atoms with Crippen LogP contribution in [0.1, 0.15) is 18.9 Å². The third-order valence-electron chi connectivity index (χ3n) is 1.95. The van der Waals surface area contributed by atoms with E-state index in [9.17, 15) is 13.9 Å². The van der Waals surface area contributed by atoms with Gasteiger partial charge in [0.15, 0.2) is 0 Å². The first-order valence-corrected chi connectivity index (χ1v) is 4.08. The minimum atomic E-state index is -2.49. The van der Waals surface area contributed by atoms with E-state index in [0.29, 0.717) is 5.56 Å². The van der Waals surface area contributed by atoms with E-state index >= 15 is 0 Å². The Labute approximate surface area is 76.0 Å². The molecule has 1 aromatic rings. The zero-order valence-electron chi connectivity index (χ0n) is 7.37. The van der Waals surface area contributed by atoms with Gasteiger partial charge in [0.1, 0.15) is 0 Å². The van der Waals surface area contributed by atoms with Crippen LogP contribution in [0.15, 0.2) is 30.3 Å². The molecule has 72 valence electrons. The van der Waals surface area contributed by atoms with E-state index in [1.54, 1.807) is 30.3 Å². The Bertz CT molecular complexity index is 257. The first kappa shape index (κ1) is 10.1. The van der Waals surface area contributed by atoms with E-state index in [1.165, 1.54) is 6.92 Å². The number of benzene rings is 1. The molecule has 1 aromatic carbocycles. The van der Waals surface area contributed by atoms with Crippen molar-refractivity contribution in [3.63, 3.8) is 0 Å². The molecule has 0 spiro atoms. The van der Waals surface area contributed by atoms with E-state index < -0.39 is 18.4 Å². The Hall–Kier alpha value is -0.960. The van der Waals surface area contributed by atoms with Gasteiger partial charge in [-0.3, -0.25) is 0 Å². The van der Waals surface area contributed by atoms with Crippen molar-refractivity contribution in [2.45, 2.75) is 25.4 Å². The standard InChI is InChI=1S/C10H12F2O/c1-10(13,7-9(11)12)8-5-3-2-4-6-8/h2-6,9,13H,7H2,1H3. The maximum atomic E-state index is 12.1. The molecular formula is C10H12F2O. The predicted octanol–water partition coefficient (Wildman–Crippen LogP) is 2.55. The van der Waals surface area contributed by atoms with Gasteiger partial charge in [-0.25, -0.2) is 8.78 Å². The highest BCUT2D eigenvalue weighted by molar-refractivity contribution is 5.21. The molecule has 0 fully saturated rings. The molecule has 0 radical (unpaired) electrons. The number of alkyl halides is 2. The average Bonchev–Trinajstić information content (AvgIpc) is 2.04. The molecule has 0 aliphatic rings. The molecule has 0 saturated heterocycles. The van der Waals surface area contributed by atoms with Gasteiger partial charge in [-0.05, 0) is 12.5 Å². The van der Waals surface area contributed by atoms with Crippen LogP contribution in [0.5, 0.6) is 0 Å². The summed E-state index contributed by atoms with van der Waals surface area (Å²) in [5.74, 6) is 0. The van der Waals surface area contributed by atoms with Crippen molar-refractivity contribution in [2.75, 3.05) is 0 Å². The number of halogens is 2. The molecule has 0 amide bonds. The lowest BCUT2D eigenvalue weighted by Crippen LogP contribution is -2.24. The number of rotatable bonds is 3. The van der Waals surface area contributed by atoms with Crippen molar-refractivity contribution < 1.29 is 13.9 Å². The first-order valence-electron chi connectivity index (χ1n) is 4.08. The summed E-state index contributed by atoms with van der Waals surface area (Å²) in [5, 5.41) is 9.68. The predicted molar refractivity (Wildman–Crippen MR) is 46.6 cm³/mol. The molecule has 0 aromatic heterocycles. The van der Waals surface area contributed by atoms with Crippen LogP contribution in [-0.4, -0.2) is 11.5 Å². The molecule has 13 heavy (non-hydrogen) atoms. The molecule has 0 heterocycles. The van der Waals surface area contributed by atoms with Crippen molar-refractivity contribution in [1.82, 2.24) is 0 Å². The highest BCUT2D eigenvalue weighted by Gasteiger charge is 2.26. The Balaban J connectivity index is 2.81. The summed E-state index contributed by atoms with van der Waals surface area (Å²) < 4.78 is 24.1. The molecule has 1 N–H and O–H groups in total. The van der Waals surface area contributed by atoms with E-state index in [1.807, 2.05) is 0 Å². The van der Waals surface area contributed by atoms with Gasteiger partial charge in [0.25, 0.3) is 0 Å². The van der Waals surface area contributed by atoms with Crippen molar-refractivity contribution in [2.24, 2.45) is 0 Å². The van der Waals surface area contributed by atoms with E-state index in [-0.39, 0.29) is 0 Å². The third kappa shape index (κ3) is 2.77. The molecule has 1 unspecified atom stereocenters. The van der Waals surface area contributed by atoms with Gasteiger partial charge in [-0.15, -0.1) is 0 Å². The fraction of sp³-hybridized carbons (Fsp3) is 0.400. The number of hydrogen-bond acceptors (Lipinski definition) is 1. The topological polar surface area (TPSA) is 20.2 Å². The summed E-state index contributed by atoms with van der Waals surface area (Å²) >= 11 is 0. The Morgan fingerprint density at radius 3 is 2.31 bits per heavy atom. The third-order valence-corrected chi connectivity index (χ3v) is 1.95. The zero-order chi connectivity index (χ0) is 9.90. The van der Waals surface area contributed by atoms with Crippen molar-refractivity contribution >= 4 is 0 Å². The van der Waals surface area contributed by atoms with Crippen LogP contribution in [0, 0.1) is 0 Å². The first-order chi connectivity index (χ1) is 6.02. The normalized spacial score (nSPS) is 15.8. The molecule has 1 rings (SSSR count). The second-order valence-electron chi connectivity index (χ2n) is 3.24. The molecular weight excluding hydrogens is 174 g/mol. The average molecular weight is 186 g/mol. The SMILES string of the molecule is CC(O)(CC(F)F)c1ccccc1. The lowest BCUT2D eigenvalue weighted by molar-refractivity contribution is -0.0123. The molecule has 0 aliphatic heterocycles. The van der Waals surface area contributed by atoms with Gasteiger partial charge >= 0.3 is 0 Å². The van der Waals surface area contributed by atoms with Gasteiger partial charge in [0.2, 0.25) is 6.43 Å². The molecule has 3 heteroatoms. The van der Waals surface area contributed by atoms with Gasteiger partial charge < -0.3 is 5.11 Å². The van der Waals surface area contributed by atoms with Crippen molar-refractivity contribution in [1.29, 1.82) is 0 Å². The number of hydrogen-bond donors (Lipinski definition) is 1. The lowest BCUT2D eigenvalue weighted by Gasteiger charge is -2.23. The van der Waals surface area contributed by atoms with Crippen LogP contribution in [0.2, 0.25) is 0 Å². The van der Waals surface area contributed by atoms with Crippen molar-refractivity contribution in [3.8, 4) is 0 Å². The fourth-order valence-corrected chi connectivity index (χ4v) is 1.22. The highest BCUT2D eigenvalue weighted by Crippen LogP contribution is 2.26. The molecule has 1 nitrogen and oxygen atoms in total. The minimum absolute atomic E-state index is 0.523. The molecule has 0 aliphatic carbocycles. The second kappa shape index (κ2) is 3.83. The maximum Gasteiger partial charge on any atom is 0.241 e. The van der Waals surface area contributed by atoms with Crippen LogP contribution in [0.4, 0.5) is 8.78 Å². The van der Waals surface area contributed by atoms with Crippen molar-refractivity contribution in [3.05, 3.63) is 35.9 Å². The maximum absolute atomic E-state index is 12.1. The smallest absolute Gasteiger partial charge is 0.241 e. The Morgan fingerprint density at radius 2 is 1.85 bits per heavy atom. The summed E-state index contributed by atoms with van der Waals surface area (Å²) in [6.45, 7) is 1.40. The zero-order valence-corrected chi connectivity index (χ0v) is 7.37. The summed E-state index contributed by atoms with van der Waals surface area (Å²) in [4.78, 5) is 0. The van der Waals surface area contributed by atoms with Crippen LogP contribution < -0.4 is 0 Å². The number of aliphatic hydroxyl groups is 1. The van der Waals surface area contributed by atoms with E-state index in [2.05, 4.69) is 0 Å². The van der Waals surface area contributed by atoms with Crippen LogP contribution in [0.25, 0.3) is 0 Å². The van der Waals surface area contributed by atoms with Crippen LogP contribution >= 0.6 is 0 Å². The molecule has 1 atom stereocenters. The lowest BCUT2D eigenvalue weighted by atomic mass is 9.93. The monoisotopic (exact) mass is 186 g/mol. The Kier molecular flexibility index (Phi) is 2.98. The molecule has 0 bridgehead atoms. The minimum Gasteiger partial charge on any atom is -0.385 e. The summed E-state index contributed by atoms with van der Waals surface area (Å²) in [5.41, 5.74) is -0.912. The van der Waals surface area contributed by atoms with Gasteiger partial charge in [0, 0.05) is 6.42 Å². The van der Waals surface area contributed by atoms with E-state index in [4.69, 9.17) is 0 Å². The fourth-order valence-electron chi connectivity index (χ4n) is 1.22. The van der Waals surface area contributed by atoms with Gasteiger partial charge in [-0.1, -0.05) is 30.3 Å². The largest absolute Gasteiger partial charge is 0.385 e. The second-order valence-corrected chi connectivity index (χ2v) is 3.24. The van der Waals surface area contributed by atoms with Gasteiger partial charge in [0.05, 0.1) is 5.60 Å². The van der Waals surface area contributed by atoms with E-state index in [0.717, 1.165) is 0 Å². The van der Waals surface area contributed by atoms with Crippen LogP contribution in [-0.2, 0) is 5.60 Å². The van der Waals surface area contributed by atoms with Crippen LogP contribution in [0.3, 0.4) is 0 Å². The summed E-state index contributed by atoms with van der Waals surface area (Å²) in [6.07, 6.45) is -3.02. The Morgan fingerprint density at radius 1 is 1.31 bits per heavy atom. The summed E-state index contributed by atoms with van der Waals surface area (Å²) in [6, 6.07) is 8.50.